The van der Waals surface area contributed by atoms with Crippen molar-refractivity contribution in [3.05, 3.63) is 29.6 Å². The molecule has 1 atom stereocenters. The smallest absolute Gasteiger partial charge is 0.165 e. The normalized spacial score (nSPS) is 11.8. The van der Waals surface area contributed by atoms with Crippen LogP contribution in [0, 0.1) is 17.1 Å². The van der Waals surface area contributed by atoms with Gasteiger partial charge in [0.15, 0.2) is 11.6 Å². The number of nitrogens with zero attached hydrogens (tertiary/aromatic N) is 1. The highest BCUT2D eigenvalue weighted by molar-refractivity contribution is 5.33. The van der Waals surface area contributed by atoms with Crippen LogP contribution in [0.15, 0.2) is 18.2 Å². The molecule has 3 nitrogen and oxygen atoms in total. The van der Waals surface area contributed by atoms with Crippen LogP contribution in [0.25, 0.3) is 0 Å². The Balaban J connectivity index is 3.08. The van der Waals surface area contributed by atoms with Crippen LogP contribution in [0.2, 0.25) is 0 Å². The molecule has 1 unspecified atom stereocenters. The van der Waals surface area contributed by atoms with Gasteiger partial charge < -0.3 is 10.5 Å². The average Bonchev–Trinajstić information content (AvgIpc) is 2.17. The number of hydrogen-bond donors (Lipinski definition) is 1. The summed E-state index contributed by atoms with van der Waals surface area (Å²) in [6.07, 6.45) is 0. The highest BCUT2D eigenvalue weighted by Crippen LogP contribution is 2.20. The molecule has 1 aromatic carbocycles. The molecule has 0 radical (unpaired) electrons. The molecule has 4 heteroatoms. The fourth-order valence-electron chi connectivity index (χ4n) is 0.944. The fourth-order valence-corrected chi connectivity index (χ4v) is 0.944. The first-order valence-electron chi connectivity index (χ1n) is 3.67. The maximum Gasteiger partial charge on any atom is 0.165 e. The molecule has 68 valence electrons. The predicted molar refractivity (Wildman–Crippen MR) is 45.5 cm³/mol. The van der Waals surface area contributed by atoms with E-state index in [0.29, 0.717) is 5.56 Å². The van der Waals surface area contributed by atoms with Gasteiger partial charge in [-0.05, 0) is 17.7 Å². The number of hydrogen-bond acceptors (Lipinski definition) is 3. The number of nitrogens with two attached hydrogens (primary N) is 1. The minimum absolute atomic E-state index is 0.100. The maximum atomic E-state index is 12.9. The van der Waals surface area contributed by atoms with E-state index in [4.69, 9.17) is 15.7 Å². The molecule has 0 saturated heterocycles. The number of benzene rings is 1. The standard InChI is InChI=1S/C9H9FN2O/c1-13-9-4-6(8(12)5-11)2-3-7(9)10/h2-4,8H,12H2,1H3. The first-order valence-corrected chi connectivity index (χ1v) is 3.67. The van der Waals surface area contributed by atoms with E-state index < -0.39 is 11.9 Å². The summed E-state index contributed by atoms with van der Waals surface area (Å²) in [5.74, 6) is -0.361. The van der Waals surface area contributed by atoms with Gasteiger partial charge in [-0.2, -0.15) is 5.26 Å². The van der Waals surface area contributed by atoms with Crippen molar-refractivity contribution >= 4 is 0 Å². The van der Waals surface area contributed by atoms with Crippen molar-refractivity contribution in [1.29, 1.82) is 5.26 Å². The lowest BCUT2D eigenvalue weighted by Crippen LogP contribution is -2.07. The molecule has 0 heterocycles. The largest absolute Gasteiger partial charge is 0.494 e. The monoisotopic (exact) mass is 180 g/mol. The van der Waals surface area contributed by atoms with E-state index in [1.165, 1.54) is 25.3 Å². The second kappa shape index (κ2) is 3.87. The van der Waals surface area contributed by atoms with Crippen LogP contribution in [0.5, 0.6) is 5.75 Å². The van der Waals surface area contributed by atoms with Gasteiger partial charge >= 0.3 is 0 Å². The third-order valence-corrected chi connectivity index (χ3v) is 1.67. The lowest BCUT2D eigenvalue weighted by molar-refractivity contribution is 0.386. The number of nitriles is 1. The molecule has 13 heavy (non-hydrogen) atoms. The second-order valence-corrected chi connectivity index (χ2v) is 2.50. The van der Waals surface area contributed by atoms with Crippen molar-refractivity contribution in [2.45, 2.75) is 6.04 Å². The van der Waals surface area contributed by atoms with E-state index in [0.717, 1.165) is 0 Å². The highest BCUT2D eigenvalue weighted by Gasteiger charge is 2.08. The van der Waals surface area contributed by atoms with Crippen molar-refractivity contribution in [1.82, 2.24) is 0 Å². The zero-order valence-corrected chi connectivity index (χ0v) is 7.12. The molecule has 0 aromatic heterocycles. The molecule has 0 aliphatic heterocycles. The van der Waals surface area contributed by atoms with Crippen LogP contribution in [-0.4, -0.2) is 7.11 Å². The Morgan fingerprint density at radius 1 is 1.62 bits per heavy atom. The Kier molecular flexibility index (Phi) is 2.83. The molecule has 1 rings (SSSR count). The van der Waals surface area contributed by atoms with E-state index in [2.05, 4.69) is 0 Å². The summed E-state index contributed by atoms with van der Waals surface area (Å²) in [4.78, 5) is 0. The third-order valence-electron chi connectivity index (χ3n) is 1.67. The number of methoxy groups -OCH3 is 1. The van der Waals surface area contributed by atoms with Crippen molar-refractivity contribution in [2.75, 3.05) is 7.11 Å². The zero-order valence-electron chi connectivity index (χ0n) is 7.12. The molecule has 0 aliphatic carbocycles. The van der Waals surface area contributed by atoms with Gasteiger partial charge in [-0.15, -0.1) is 0 Å². The summed E-state index contributed by atoms with van der Waals surface area (Å²) in [6.45, 7) is 0. The Hall–Kier alpha value is -1.60. The van der Waals surface area contributed by atoms with Crippen LogP contribution >= 0.6 is 0 Å². The summed E-state index contributed by atoms with van der Waals surface area (Å²) in [6, 6.07) is 5.22. The van der Waals surface area contributed by atoms with Crippen LogP contribution < -0.4 is 10.5 Å². The van der Waals surface area contributed by atoms with Crippen molar-refractivity contribution < 1.29 is 9.13 Å². The Bertz CT molecular complexity index is 346. The predicted octanol–water partition coefficient (Wildman–Crippen LogP) is 1.36. The summed E-state index contributed by atoms with van der Waals surface area (Å²) < 4.78 is 17.6. The molecule has 2 N–H and O–H groups in total. The molecule has 0 amide bonds. The third kappa shape index (κ3) is 1.95. The summed E-state index contributed by atoms with van der Waals surface area (Å²) in [5, 5.41) is 8.51. The van der Waals surface area contributed by atoms with Crippen LogP contribution in [0.4, 0.5) is 4.39 Å². The zero-order chi connectivity index (χ0) is 9.84. The van der Waals surface area contributed by atoms with Gasteiger partial charge in [0.2, 0.25) is 0 Å². The van der Waals surface area contributed by atoms with Gasteiger partial charge in [-0.1, -0.05) is 6.07 Å². The van der Waals surface area contributed by atoms with Crippen LogP contribution in [0.1, 0.15) is 11.6 Å². The molecule has 0 saturated carbocycles. The minimum Gasteiger partial charge on any atom is -0.494 e. The molecular formula is C9H9FN2O. The fraction of sp³-hybridized carbons (Fsp3) is 0.222. The lowest BCUT2D eigenvalue weighted by Gasteiger charge is -2.06. The second-order valence-electron chi connectivity index (χ2n) is 2.50. The van der Waals surface area contributed by atoms with Gasteiger partial charge in [0, 0.05) is 0 Å². The number of halogens is 1. The topological polar surface area (TPSA) is 59.0 Å². The van der Waals surface area contributed by atoms with Crippen LogP contribution in [0.3, 0.4) is 0 Å². The van der Waals surface area contributed by atoms with Crippen molar-refractivity contribution in [3.63, 3.8) is 0 Å². The lowest BCUT2D eigenvalue weighted by atomic mass is 10.1. The molecule has 0 fully saturated rings. The van der Waals surface area contributed by atoms with Gasteiger partial charge in [-0.3, -0.25) is 0 Å². The molecule has 0 aliphatic rings. The summed E-state index contributed by atoms with van der Waals surface area (Å²) in [7, 11) is 1.36. The molecule has 0 spiro atoms. The van der Waals surface area contributed by atoms with Gasteiger partial charge in [0.25, 0.3) is 0 Å². The highest BCUT2D eigenvalue weighted by atomic mass is 19.1. The van der Waals surface area contributed by atoms with E-state index in [9.17, 15) is 4.39 Å². The summed E-state index contributed by atoms with van der Waals surface area (Å²) in [5.41, 5.74) is 5.97. The summed E-state index contributed by atoms with van der Waals surface area (Å²) >= 11 is 0. The van der Waals surface area contributed by atoms with Crippen molar-refractivity contribution in [3.8, 4) is 11.8 Å². The average molecular weight is 180 g/mol. The SMILES string of the molecule is COc1cc(C(N)C#N)ccc1F. The van der Waals surface area contributed by atoms with Gasteiger partial charge in [-0.25, -0.2) is 4.39 Å². The molecular weight excluding hydrogens is 171 g/mol. The first-order chi connectivity index (χ1) is 6.19. The molecule has 0 bridgehead atoms. The molecule has 1 aromatic rings. The maximum absolute atomic E-state index is 12.9. The number of ether oxygens (including phenoxy) is 1. The first kappa shape index (κ1) is 9.49. The van der Waals surface area contributed by atoms with E-state index in [1.54, 1.807) is 0 Å². The Morgan fingerprint density at radius 2 is 2.31 bits per heavy atom. The van der Waals surface area contributed by atoms with E-state index in [1.807, 2.05) is 6.07 Å². The van der Waals surface area contributed by atoms with Gasteiger partial charge in [0.1, 0.15) is 6.04 Å². The van der Waals surface area contributed by atoms with Crippen LogP contribution in [-0.2, 0) is 0 Å². The van der Waals surface area contributed by atoms with E-state index in [-0.39, 0.29) is 5.75 Å². The van der Waals surface area contributed by atoms with Gasteiger partial charge in [0.05, 0.1) is 13.2 Å². The Labute approximate surface area is 75.5 Å². The van der Waals surface area contributed by atoms with E-state index >= 15 is 0 Å². The quantitative estimate of drug-likeness (QED) is 0.747. The minimum atomic E-state index is -0.741. The van der Waals surface area contributed by atoms with Crippen molar-refractivity contribution in [2.24, 2.45) is 5.73 Å². The number of rotatable bonds is 2. The Morgan fingerprint density at radius 3 is 2.85 bits per heavy atom.